The van der Waals surface area contributed by atoms with Gasteiger partial charge in [-0.25, -0.2) is 9.83 Å². The summed E-state index contributed by atoms with van der Waals surface area (Å²) in [5, 5.41) is 10.7. The molecule has 0 aliphatic heterocycles. The lowest BCUT2D eigenvalue weighted by Crippen LogP contribution is -2.40. The number of imidazole rings is 1. The van der Waals surface area contributed by atoms with Crippen LogP contribution in [-0.2, 0) is 23.9 Å². The largest absolute Gasteiger partial charge is 0.407 e. The molecule has 0 saturated heterocycles. The third-order valence-electron chi connectivity index (χ3n) is 4.77. The molecule has 3 rings (SSSR count). The van der Waals surface area contributed by atoms with Crippen LogP contribution in [0.25, 0.3) is 15.9 Å². The molecule has 2 aromatic carbocycles. The van der Waals surface area contributed by atoms with E-state index in [2.05, 4.69) is 9.83 Å². The van der Waals surface area contributed by atoms with Gasteiger partial charge in [0.05, 0.1) is 36.0 Å². The number of para-hydroxylation sites is 1. The minimum Gasteiger partial charge on any atom is -0.380 e. The predicted octanol–water partition coefficient (Wildman–Crippen LogP) is 4.48. The lowest BCUT2D eigenvalue weighted by Gasteiger charge is -2.23. The second kappa shape index (κ2) is 7.33. The summed E-state index contributed by atoms with van der Waals surface area (Å²) in [6.45, 7) is 10.0. The molecule has 0 saturated carbocycles. The fourth-order valence-corrected chi connectivity index (χ4v) is 3.24. The summed E-state index contributed by atoms with van der Waals surface area (Å²) < 4.78 is 41.1. The quantitative estimate of drug-likeness (QED) is 0.642. The number of nitrogens with zero attached hydrogens (tertiary/aromatic N) is 3. The van der Waals surface area contributed by atoms with E-state index in [4.69, 9.17) is 6.57 Å². The minimum atomic E-state index is -4.70. The molecule has 5 nitrogen and oxygen atoms in total. The summed E-state index contributed by atoms with van der Waals surface area (Å²) >= 11 is 0. The van der Waals surface area contributed by atoms with E-state index in [1.807, 2.05) is 25.1 Å². The van der Waals surface area contributed by atoms with Crippen molar-refractivity contribution < 1.29 is 23.1 Å². The first-order chi connectivity index (χ1) is 13.5. The van der Waals surface area contributed by atoms with Crippen LogP contribution < -0.4 is 0 Å². The molecule has 3 aromatic rings. The van der Waals surface area contributed by atoms with Crippen LogP contribution in [0.2, 0.25) is 0 Å². The molecule has 29 heavy (non-hydrogen) atoms. The molecule has 8 heteroatoms. The molecule has 0 fully saturated rings. The van der Waals surface area contributed by atoms with Crippen molar-refractivity contribution in [3.05, 3.63) is 70.8 Å². The Morgan fingerprint density at radius 3 is 2.66 bits per heavy atom. The first-order valence-electron chi connectivity index (χ1n) is 8.76. The van der Waals surface area contributed by atoms with Gasteiger partial charge >= 0.3 is 6.18 Å². The number of hydrogen-bond donors (Lipinski definition) is 1. The third-order valence-corrected chi connectivity index (χ3v) is 4.77. The average Bonchev–Trinajstić information content (AvgIpc) is 3.04. The fraction of sp³-hybridized carbons (Fsp3) is 0.286. The summed E-state index contributed by atoms with van der Waals surface area (Å²) in [6, 6.07) is 8.68. The number of aryl methyl sites for hydroxylation is 1. The van der Waals surface area contributed by atoms with E-state index in [0.717, 1.165) is 28.7 Å². The molecule has 0 radical (unpaired) electrons. The number of ketones is 1. The fourth-order valence-electron chi connectivity index (χ4n) is 3.24. The Labute approximate surface area is 165 Å². The number of fused-ring (bicyclic) bond motifs is 1. The average molecular weight is 401 g/mol. The number of benzene rings is 2. The highest BCUT2D eigenvalue weighted by Crippen LogP contribution is 2.37. The molecule has 0 bridgehead atoms. The number of aromatic nitrogens is 2. The maximum atomic E-state index is 13.1. The zero-order valence-corrected chi connectivity index (χ0v) is 15.8. The van der Waals surface area contributed by atoms with Crippen molar-refractivity contribution in [2.24, 2.45) is 0 Å². The van der Waals surface area contributed by atoms with Gasteiger partial charge in [-0.2, -0.15) is 13.2 Å². The Balaban J connectivity index is 1.85. The second-order valence-corrected chi connectivity index (χ2v) is 7.15. The van der Waals surface area contributed by atoms with Crippen molar-refractivity contribution in [3.8, 4) is 0 Å². The van der Waals surface area contributed by atoms with Crippen molar-refractivity contribution in [1.29, 1.82) is 0 Å². The molecular formula is C21H18F3N3O2. The van der Waals surface area contributed by atoms with Crippen LogP contribution in [0.15, 0.2) is 42.7 Å². The van der Waals surface area contributed by atoms with Crippen LogP contribution in [0.5, 0.6) is 0 Å². The molecular weight excluding hydrogens is 383 g/mol. The third kappa shape index (κ3) is 4.15. The van der Waals surface area contributed by atoms with Gasteiger partial charge in [0.25, 0.3) is 0 Å². The van der Waals surface area contributed by atoms with Gasteiger partial charge in [0.2, 0.25) is 0 Å². The summed E-state index contributed by atoms with van der Waals surface area (Å²) in [5.74, 6) is -0.628. The van der Waals surface area contributed by atoms with E-state index >= 15 is 0 Å². The molecule has 150 valence electrons. The lowest BCUT2D eigenvalue weighted by molar-refractivity contribution is -0.138. The number of hydrogen-bond acceptors (Lipinski definition) is 3. The molecule has 0 aliphatic rings. The number of rotatable bonds is 5. The van der Waals surface area contributed by atoms with Crippen LogP contribution in [0.1, 0.15) is 23.6 Å². The topological polar surface area (TPSA) is 59.5 Å². The summed E-state index contributed by atoms with van der Waals surface area (Å²) in [5.41, 5.74) is -0.921. The highest BCUT2D eigenvalue weighted by molar-refractivity contribution is 5.89. The maximum absolute atomic E-state index is 13.1. The van der Waals surface area contributed by atoms with E-state index in [1.165, 1.54) is 19.3 Å². The van der Waals surface area contributed by atoms with Gasteiger partial charge in [-0.3, -0.25) is 4.79 Å². The zero-order chi connectivity index (χ0) is 21.4. The SMILES string of the molecule is [C-]#[N+]c1ccc(CC(=O)[C@@](C)(O)Cn2cnc3cccc(C)c32)cc1C(F)(F)F. The van der Waals surface area contributed by atoms with Crippen LogP contribution in [0, 0.1) is 13.5 Å². The smallest absolute Gasteiger partial charge is 0.380 e. The van der Waals surface area contributed by atoms with Gasteiger partial charge in [-0.15, -0.1) is 0 Å². The van der Waals surface area contributed by atoms with Crippen molar-refractivity contribution in [2.45, 2.75) is 38.6 Å². The summed E-state index contributed by atoms with van der Waals surface area (Å²) in [7, 11) is 0. The molecule has 0 unspecified atom stereocenters. The van der Waals surface area contributed by atoms with Gasteiger partial charge in [-0.05, 0) is 31.0 Å². The highest BCUT2D eigenvalue weighted by atomic mass is 19.4. The van der Waals surface area contributed by atoms with Gasteiger partial charge in [0.1, 0.15) is 5.60 Å². The van der Waals surface area contributed by atoms with E-state index in [-0.39, 0.29) is 18.5 Å². The Kier molecular flexibility index (Phi) is 5.20. The number of Topliss-reactive ketones (excluding diaryl/α,β-unsaturated/α-hetero) is 1. The van der Waals surface area contributed by atoms with Gasteiger partial charge in [-0.1, -0.05) is 30.3 Å². The molecule has 0 amide bonds. The minimum absolute atomic E-state index is 0.0839. The van der Waals surface area contributed by atoms with Crippen LogP contribution in [-0.4, -0.2) is 26.0 Å². The Hall–Kier alpha value is -3.18. The van der Waals surface area contributed by atoms with Crippen LogP contribution in [0.3, 0.4) is 0 Å². The zero-order valence-electron chi connectivity index (χ0n) is 15.8. The Morgan fingerprint density at radius 2 is 2.00 bits per heavy atom. The normalized spacial score (nSPS) is 13.8. The summed E-state index contributed by atoms with van der Waals surface area (Å²) in [4.78, 5) is 19.8. The first-order valence-corrected chi connectivity index (χ1v) is 8.76. The van der Waals surface area contributed by atoms with Crippen LogP contribution in [0.4, 0.5) is 18.9 Å². The van der Waals surface area contributed by atoms with E-state index < -0.39 is 28.8 Å². The van der Waals surface area contributed by atoms with Crippen molar-refractivity contribution in [3.63, 3.8) is 0 Å². The highest BCUT2D eigenvalue weighted by Gasteiger charge is 2.35. The number of carbonyl (C=O) groups is 1. The second-order valence-electron chi connectivity index (χ2n) is 7.15. The molecule has 0 spiro atoms. The first kappa shape index (κ1) is 20.6. The molecule has 0 aliphatic carbocycles. The standard InChI is InChI=1S/C21H18F3N3O2/c1-13-5-4-6-17-19(13)27(12-26-17)11-20(2,29)18(28)10-14-7-8-16(25-3)15(9-14)21(22,23)24/h4-9,12,29H,10-11H2,1-2H3/t20-/m0/s1. The molecule has 1 heterocycles. The number of carbonyl (C=O) groups excluding carboxylic acids is 1. The Morgan fingerprint density at radius 1 is 1.28 bits per heavy atom. The monoisotopic (exact) mass is 401 g/mol. The van der Waals surface area contributed by atoms with Gasteiger partial charge in [0.15, 0.2) is 11.5 Å². The maximum Gasteiger partial charge on any atom is 0.407 e. The van der Waals surface area contributed by atoms with Crippen LogP contribution >= 0.6 is 0 Å². The summed E-state index contributed by atoms with van der Waals surface area (Å²) in [6.07, 6.45) is -3.57. The van der Waals surface area contributed by atoms with Gasteiger partial charge < -0.3 is 9.67 Å². The number of alkyl halides is 3. The Bertz CT molecular complexity index is 1120. The molecule has 1 N–H and O–H groups in total. The number of aliphatic hydroxyl groups is 1. The molecule has 1 aromatic heterocycles. The van der Waals surface area contributed by atoms with E-state index in [1.54, 1.807) is 4.57 Å². The molecule has 1 atom stereocenters. The van der Waals surface area contributed by atoms with Crippen molar-refractivity contribution in [1.82, 2.24) is 9.55 Å². The van der Waals surface area contributed by atoms with E-state index in [9.17, 15) is 23.1 Å². The van der Waals surface area contributed by atoms with E-state index in [0.29, 0.717) is 0 Å². The van der Waals surface area contributed by atoms with Gasteiger partial charge in [0, 0.05) is 6.42 Å². The van der Waals surface area contributed by atoms with Crippen molar-refractivity contribution >= 4 is 22.5 Å². The van der Waals surface area contributed by atoms with Crippen molar-refractivity contribution in [2.75, 3.05) is 0 Å². The number of halogens is 3. The predicted molar refractivity (Wildman–Crippen MR) is 102 cm³/mol. The lowest BCUT2D eigenvalue weighted by atomic mass is 9.93.